The highest BCUT2D eigenvalue weighted by Gasteiger charge is 2.21. The SMILES string of the molecule is Cc1nc2ccc(F)cc2cc1C(=O)N1CCOCC1. The summed E-state index contributed by atoms with van der Waals surface area (Å²) < 4.78 is 18.5. The van der Waals surface area contributed by atoms with Crippen LogP contribution in [-0.2, 0) is 4.74 Å². The van der Waals surface area contributed by atoms with Crippen LogP contribution in [0.3, 0.4) is 0 Å². The largest absolute Gasteiger partial charge is 0.378 e. The Hall–Kier alpha value is -2.01. The van der Waals surface area contributed by atoms with E-state index < -0.39 is 0 Å². The minimum absolute atomic E-state index is 0.0653. The lowest BCUT2D eigenvalue weighted by Crippen LogP contribution is -2.41. The molecule has 3 rings (SSSR count). The third-order valence-corrected chi connectivity index (χ3v) is 3.50. The zero-order chi connectivity index (χ0) is 14.1. The van der Waals surface area contributed by atoms with Crippen LogP contribution in [-0.4, -0.2) is 42.1 Å². The van der Waals surface area contributed by atoms with E-state index in [-0.39, 0.29) is 11.7 Å². The Labute approximate surface area is 116 Å². The summed E-state index contributed by atoms with van der Waals surface area (Å²) in [6, 6.07) is 6.12. The van der Waals surface area contributed by atoms with Gasteiger partial charge >= 0.3 is 0 Å². The number of pyridine rings is 1. The van der Waals surface area contributed by atoms with Crippen LogP contribution < -0.4 is 0 Å². The van der Waals surface area contributed by atoms with Gasteiger partial charge in [-0.15, -0.1) is 0 Å². The first-order valence-corrected chi connectivity index (χ1v) is 6.59. The summed E-state index contributed by atoms with van der Waals surface area (Å²) >= 11 is 0. The molecule has 0 N–H and O–H groups in total. The smallest absolute Gasteiger partial charge is 0.255 e. The monoisotopic (exact) mass is 274 g/mol. The molecule has 5 heteroatoms. The Morgan fingerprint density at radius 3 is 2.80 bits per heavy atom. The molecule has 20 heavy (non-hydrogen) atoms. The van der Waals surface area contributed by atoms with Crippen molar-refractivity contribution in [2.75, 3.05) is 26.3 Å². The minimum atomic E-state index is -0.326. The average molecular weight is 274 g/mol. The summed E-state index contributed by atoms with van der Waals surface area (Å²) in [5.74, 6) is -0.391. The highest BCUT2D eigenvalue weighted by Crippen LogP contribution is 2.19. The van der Waals surface area contributed by atoms with Crippen molar-refractivity contribution in [3.63, 3.8) is 0 Å². The second-order valence-electron chi connectivity index (χ2n) is 4.86. The van der Waals surface area contributed by atoms with Crippen LogP contribution in [0, 0.1) is 12.7 Å². The number of aryl methyl sites for hydroxylation is 1. The molecule has 2 aromatic rings. The molecule has 0 spiro atoms. The Bertz CT molecular complexity index is 666. The standard InChI is InChI=1S/C15H15FN2O2/c1-10-13(15(19)18-4-6-20-7-5-18)9-11-8-12(16)2-3-14(11)17-10/h2-3,8-9H,4-7H2,1H3. The van der Waals surface area contributed by atoms with Gasteiger partial charge in [0, 0.05) is 18.5 Å². The number of ether oxygens (including phenoxy) is 1. The van der Waals surface area contributed by atoms with Crippen molar-refractivity contribution in [1.82, 2.24) is 9.88 Å². The van der Waals surface area contributed by atoms with Crippen molar-refractivity contribution < 1.29 is 13.9 Å². The summed E-state index contributed by atoms with van der Waals surface area (Å²) in [6.45, 7) is 4.08. The van der Waals surface area contributed by atoms with E-state index in [2.05, 4.69) is 4.98 Å². The first-order chi connectivity index (χ1) is 9.65. The van der Waals surface area contributed by atoms with E-state index >= 15 is 0 Å². The highest BCUT2D eigenvalue weighted by molar-refractivity contribution is 5.98. The van der Waals surface area contributed by atoms with E-state index in [9.17, 15) is 9.18 Å². The molecule has 1 aromatic heterocycles. The van der Waals surface area contributed by atoms with Crippen LogP contribution in [0.5, 0.6) is 0 Å². The van der Waals surface area contributed by atoms with Gasteiger partial charge in [0.05, 0.1) is 30.0 Å². The zero-order valence-corrected chi connectivity index (χ0v) is 11.2. The fourth-order valence-electron chi connectivity index (χ4n) is 2.40. The number of carbonyl (C=O) groups excluding carboxylic acids is 1. The van der Waals surface area contributed by atoms with Gasteiger partial charge in [0.2, 0.25) is 0 Å². The van der Waals surface area contributed by atoms with Gasteiger partial charge in [0.25, 0.3) is 5.91 Å². The molecule has 1 amide bonds. The number of hydrogen-bond acceptors (Lipinski definition) is 3. The van der Waals surface area contributed by atoms with Crippen molar-refractivity contribution in [3.8, 4) is 0 Å². The summed E-state index contributed by atoms with van der Waals surface area (Å²) in [5, 5.41) is 0.646. The first kappa shape index (κ1) is 13.0. The molecular formula is C15H15FN2O2. The maximum Gasteiger partial charge on any atom is 0.255 e. The van der Waals surface area contributed by atoms with E-state index in [1.165, 1.54) is 12.1 Å². The maximum atomic E-state index is 13.3. The lowest BCUT2D eigenvalue weighted by atomic mass is 10.1. The molecule has 104 valence electrons. The van der Waals surface area contributed by atoms with Crippen molar-refractivity contribution in [1.29, 1.82) is 0 Å². The predicted octanol–water partition coefficient (Wildman–Crippen LogP) is 2.15. The number of halogens is 1. The van der Waals surface area contributed by atoms with Gasteiger partial charge in [-0.05, 0) is 31.2 Å². The molecule has 1 aliphatic rings. The molecule has 1 aromatic carbocycles. The molecule has 0 atom stereocenters. The summed E-state index contributed by atoms with van der Waals surface area (Å²) in [7, 11) is 0. The summed E-state index contributed by atoms with van der Waals surface area (Å²) in [5.41, 5.74) is 1.90. The van der Waals surface area contributed by atoms with Crippen molar-refractivity contribution in [3.05, 3.63) is 41.3 Å². The fourth-order valence-corrected chi connectivity index (χ4v) is 2.40. The molecule has 1 fully saturated rings. The third kappa shape index (κ3) is 2.36. The normalized spacial score (nSPS) is 15.6. The van der Waals surface area contributed by atoms with Gasteiger partial charge in [-0.2, -0.15) is 0 Å². The second kappa shape index (κ2) is 5.17. The molecule has 0 unspecified atom stereocenters. The quantitative estimate of drug-likeness (QED) is 0.800. The van der Waals surface area contributed by atoms with Gasteiger partial charge in [0.1, 0.15) is 5.82 Å². The number of carbonyl (C=O) groups is 1. The van der Waals surface area contributed by atoms with Crippen molar-refractivity contribution >= 4 is 16.8 Å². The van der Waals surface area contributed by atoms with Gasteiger partial charge < -0.3 is 9.64 Å². The number of fused-ring (bicyclic) bond motifs is 1. The fraction of sp³-hybridized carbons (Fsp3) is 0.333. The van der Waals surface area contributed by atoms with Crippen molar-refractivity contribution in [2.24, 2.45) is 0 Å². The zero-order valence-electron chi connectivity index (χ0n) is 11.2. The van der Waals surface area contributed by atoms with E-state index in [4.69, 9.17) is 4.74 Å². The number of morpholine rings is 1. The number of amides is 1. The summed E-state index contributed by atoms with van der Waals surface area (Å²) in [4.78, 5) is 18.6. The molecular weight excluding hydrogens is 259 g/mol. The molecule has 0 saturated carbocycles. The number of rotatable bonds is 1. The topological polar surface area (TPSA) is 42.4 Å². The Morgan fingerprint density at radius 2 is 2.05 bits per heavy atom. The molecule has 1 aliphatic heterocycles. The maximum absolute atomic E-state index is 13.3. The number of benzene rings is 1. The number of hydrogen-bond donors (Lipinski definition) is 0. The van der Waals surface area contributed by atoms with Gasteiger partial charge in [-0.3, -0.25) is 9.78 Å². The predicted molar refractivity (Wildman–Crippen MR) is 73.2 cm³/mol. The minimum Gasteiger partial charge on any atom is -0.378 e. The lowest BCUT2D eigenvalue weighted by Gasteiger charge is -2.27. The van der Waals surface area contributed by atoms with Crippen LogP contribution in [0.4, 0.5) is 4.39 Å². The molecule has 0 aliphatic carbocycles. The van der Waals surface area contributed by atoms with E-state index in [1.54, 1.807) is 24.0 Å². The molecule has 1 saturated heterocycles. The average Bonchev–Trinajstić information content (AvgIpc) is 2.47. The van der Waals surface area contributed by atoms with E-state index in [1.807, 2.05) is 0 Å². The molecule has 0 bridgehead atoms. The van der Waals surface area contributed by atoms with Crippen molar-refractivity contribution in [2.45, 2.75) is 6.92 Å². The van der Waals surface area contributed by atoms with Crippen LogP contribution in [0.15, 0.2) is 24.3 Å². The highest BCUT2D eigenvalue weighted by atomic mass is 19.1. The van der Waals surface area contributed by atoms with Gasteiger partial charge in [-0.25, -0.2) is 4.39 Å². The lowest BCUT2D eigenvalue weighted by molar-refractivity contribution is 0.0302. The van der Waals surface area contributed by atoms with Crippen LogP contribution in [0.25, 0.3) is 10.9 Å². The molecule has 4 nitrogen and oxygen atoms in total. The van der Waals surface area contributed by atoms with E-state index in [0.29, 0.717) is 48.5 Å². The summed E-state index contributed by atoms with van der Waals surface area (Å²) in [6.07, 6.45) is 0. The Morgan fingerprint density at radius 1 is 1.30 bits per heavy atom. The molecule has 0 radical (unpaired) electrons. The Balaban J connectivity index is 2.01. The van der Waals surface area contributed by atoms with Gasteiger partial charge in [0.15, 0.2) is 0 Å². The van der Waals surface area contributed by atoms with E-state index in [0.717, 1.165) is 0 Å². The first-order valence-electron chi connectivity index (χ1n) is 6.59. The number of aromatic nitrogens is 1. The number of nitrogens with zero attached hydrogens (tertiary/aromatic N) is 2. The van der Waals surface area contributed by atoms with Crippen LogP contribution in [0.2, 0.25) is 0 Å². The molecule has 2 heterocycles. The van der Waals surface area contributed by atoms with Crippen LogP contribution in [0.1, 0.15) is 16.1 Å². The third-order valence-electron chi connectivity index (χ3n) is 3.50. The van der Waals surface area contributed by atoms with Gasteiger partial charge in [-0.1, -0.05) is 0 Å². The Kier molecular flexibility index (Phi) is 3.36. The second-order valence-corrected chi connectivity index (χ2v) is 4.86. The van der Waals surface area contributed by atoms with Crippen LogP contribution >= 0.6 is 0 Å².